The van der Waals surface area contributed by atoms with Crippen molar-refractivity contribution in [2.24, 2.45) is 0 Å². The third-order valence-electron chi connectivity index (χ3n) is 4.81. The van der Waals surface area contributed by atoms with Crippen LogP contribution in [0, 0.1) is 0 Å². The van der Waals surface area contributed by atoms with Crippen LogP contribution < -0.4 is 10.1 Å². The lowest BCUT2D eigenvalue weighted by atomic mass is 9.95. The molecule has 2 N–H and O–H groups in total. The van der Waals surface area contributed by atoms with Gasteiger partial charge in [0.25, 0.3) is 5.91 Å². The number of benzene rings is 2. The molecule has 1 aliphatic heterocycles. The van der Waals surface area contributed by atoms with Crippen LogP contribution in [0.4, 0.5) is 0 Å². The van der Waals surface area contributed by atoms with Crippen molar-refractivity contribution in [3.8, 4) is 5.75 Å². The minimum absolute atomic E-state index is 0.296. The fourth-order valence-electron chi connectivity index (χ4n) is 3.55. The Morgan fingerprint density at radius 3 is 2.17 bits per heavy atom. The summed E-state index contributed by atoms with van der Waals surface area (Å²) in [6.07, 6.45) is 0.376. The SMILES string of the molecule is O=C(NC1(C(=O)O)Cc2ccccc2C1)C1Cc2ccccc2O1. The first kappa shape index (κ1) is 14.8. The van der Waals surface area contributed by atoms with Crippen LogP contribution in [0.3, 0.4) is 0 Å². The van der Waals surface area contributed by atoms with Crippen molar-refractivity contribution in [2.45, 2.75) is 30.9 Å². The third kappa shape index (κ3) is 2.33. The van der Waals surface area contributed by atoms with Gasteiger partial charge >= 0.3 is 5.97 Å². The Kier molecular flexibility index (Phi) is 3.30. The Hall–Kier alpha value is -2.82. The van der Waals surface area contributed by atoms with Gasteiger partial charge in [0.05, 0.1) is 0 Å². The second-order valence-corrected chi connectivity index (χ2v) is 6.42. The Labute approximate surface area is 139 Å². The zero-order chi connectivity index (χ0) is 16.7. The van der Waals surface area contributed by atoms with Crippen LogP contribution in [0.2, 0.25) is 0 Å². The Balaban J connectivity index is 1.54. The number of hydrogen-bond acceptors (Lipinski definition) is 3. The molecule has 24 heavy (non-hydrogen) atoms. The molecule has 0 fully saturated rings. The van der Waals surface area contributed by atoms with E-state index in [1.807, 2.05) is 48.5 Å². The minimum Gasteiger partial charge on any atom is -0.480 e. The smallest absolute Gasteiger partial charge is 0.330 e. The normalized spacial score (nSPS) is 19.9. The number of hydrogen-bond donors (Lipinski definition) is 2. The highest BCUT2D eigenvalue weighted by molar-refractivity contribution is 5.91. The lowest BCUT2D eigenvalue weighted by Gasteiger charge is -2.27. The first-order chi connectivity index (χ1) is 11.6. The van der Waals surface area contributed by atoms with E-state index in [0.29, 0.717) is 25.0 Å². The highest BCUT2D eigenvalue weighted by Gasteiger charge is 2.46. The number of carbonyl (C=O) groups excluding carboxylic acids is 1. The highest BCUT2D eigenvalue weighted by atomic mass is 16.5. The maximum absolute atomic E-state index is 12.6. The van der Waals surface area contributed by atoms with Crippen molar-refractivity contribution in [3.63, 3.8) is 0 Å². The van der Waals surface area contributed by atoms with E-state index < -0.39 is 17.6 Å². The predicted octanol–water partition coefficient (Wildman–Crippen LogP) is 1.73. The van der Waals surface area contributed by atoms with Gasteiger partial charge in [0.1, 0.15) is 11.3 Å². The van der Waals surface area contributed by atoms with Crippen molar-refractivity contribution in [3.05, 3.63) is 65.2 Å². The molecule has 2 aliphatic rings. The average Bonchev–Trinajstić information content (AvgIpc) is 3.16. The number of carboxylic acids is 1. The summed E-state index contributed by atoms with van der Waals surface area (Å²) in [5.41, 5.74) is 1.61. The topological polar surface area (TPSA) is 75.6 Å². The molecule has 1 heterocycles. The molecule has 1 aliphatic carbocycles. The monoisotopic (exact) mass is 323 g/mol. The highest BCUT2D eigenvalue weighted by Crippen LogP contribution is 2.32. The van der Waals surface area contributed by atoms with Gasteiger partial charge in [-0.25, -0.2) is 4.79 Å². The van der Waals surface area contributed by atoms with Crippen molar-refractivity contribution < 1.29 is 19.4 Å². The molecule has 0 aromatic heterocycles. The molecular formula is C19H17NO4. The Morgan fingerprint density at radius 2 is 1.58 bits per heavy atom. The van der Waals surface area contributed by atoms with E-state index in [2.05, 4.69) is 5.32 Å². The van der Waals surface area contributed by atoms with Gasteiger partial charge in [-0.2, -0.15) is 0 Å². The zero-order valence-electron chi connectivity index (χ0n) is 13.0. The van der Waals surface area contributed by atoms with Crippen LogP contribution in [0.15, 0.2) is 48.5 Å². The number of ether oxygens (including phenoxy) is 1. The number of nitrogens with one attached hydrogen (secondary N) is 1. The standard InChI is InChI=1S/C19H17NO4/c21-17(16-9-12-5-3-4-8-15(12)24-16)20-19(18(22)23)10-13-6-1-2-7-14(13)11-19/h1-8,16H,9-11H2,(H,20,21)(H,22,23). The number of carboxylic acid groups (broad SMARTS) is 1. The van der Waals surface area contributed by atoms with Crippen LogP contribution in [-0.2, 0) is 28.9 Å². The van der Waals surface area contributed by atoms with Crippen molar-refractivity contribution in [1.82, 2.24) is 5.32 Å². The summed E-state index contributed by atoms with van der Waals surface area (Å²) in [5.74, 6) is -0.694. The molecule has 0 spiro atoms. The molecule has 5 heteroatoms. The molecule has 0 saturated heterocycles. The maximum atomic E-state index is 12.6. The Morgan fingerprint density at radius 1 is 1.00 bits per heavy atom. The number of amides is 1. The summed E-state index contributed by atoms with van der Waals surface area (Å²) in [5, 5.41) is 12.5. The van der Waals surface area contributed by atoms with Gasteiger partial charge in [0, 0.05) is 19.3 Å². The number of rotatable bonds is 3. The van der Waals surface area contributed by atoms with E-state index in [4.69, 9.17) is 4.74 Å². The summed E-state index contributed by atoms with van der Waals surface area (Å²) >= 11 is 0. The fourth-order valence-corrected chi connectivity index (χ4v) is 3.55. The molecule has 0 saturated carbocycles. The van der Waals surface area contributed by atoms with Gasteiger partial charge in [-0.3, -0.25) is 4.79 Å². The van der Waals surface area contributed by atoms with E-state index in [9.17, 15) is 14.7 Å². The van der Waals surface area contributed by atoms with Crippen LogP contribution >= 0.6 is 0 Å². The summed E-state index contributed by atoms with van der Waals surface area (Å²) in [4.78, 5) is 24.5. The van der Waals surface area contributed by atoms with Crippen LogP contribution in [-0.4, -0.2) is 28.6 Å². The van der Waals surface area contributed by atoms with Gasteiger partial charge in [-0.1, -0.05) is 42.5 Å². The van der Waals surface area contributed by atoms with Crippen LogP contribution in [0.25, 0.3) is 0 Å². The number of carbonyl (C=O) groups is 2. The van der Waals surface area contributed by atoms with Gasteiger partial charge in [0.2, 0.25) is 0 Å². The second kappa shape index (κ2) is 5.37. The van der Waals surface area contributed by atoms with E-state index in [1.54, 1.807) is 0 Å². The van der Waals surface area contributed by atoms with Crippen molar-refractivity contribution >= 4 is 11.9 Å². The lowest BCUT2D eigenvalue weighted by Crippen LogP contribution is -2.58. The molecule has 0 bridgehead atoms. The molecule has 5 nitrogen and oxygen atoms in total. The predicted molar refractivity (Wildman–Crippen MR) is 86.9 cm³/mol. The number of aliphatic carboxylic acids is 1. The van der Waals surface area contributed by atoms with Crippen molar-refractivity contribution in [1.29, 1.82) is 0 Å². The molecule has 1 unspecified atom stereocenters. The van der Waals surface area contributed by atoms with Crippen molar-refractivity contribution in [2.75, 3.05) is 0 Å². The first-order valence-corrected chi connectivity index (χ1v) is 7.94. The van der Waals surface area contributed by atoms with E-state index in [-0.39, 0.29) is 5.91 Å². The number of fused-ring (bicyclic) bond motifs is 2. The third-order valence-corrected chi connectivity index (χ3v) is 4.81. The molecular weight excluding hydrogens is 306 g/mol. The molecule has 2 aromatic carbocycles. The average molecular weight is 323 g/mol. The molecule has 4 rings (SSSR count). The van der Waals surface area contributed by atoms with Crippen LogP contribution in [0.1, 0.15) is 16.7 Å². The van der Waals surface area contributed by atoms with E-state index in [1.165, 1.54) is 0 Å². The van der Waals surface area contributed by atoms with Gasteiger partial charge in [-0.05, 0) is 22.8 Å². The summed E-state index contributed by atoms with van der Waals surface area (Å²) in [6, 6.07) is 15.1. The summed E-state index contributed by atoms with van der Waals surface area (Å²) in [6.45, 7) is 0. The fraction of sp³-hybridized carbons (Fsp3) is 0.263. The lowest BCUT2D eigenvalue weighted by molar-refractivity contribution is -0.148. The Bertz CT molecular complexity index is 780. The molecule has 2 aromatic rings. The summed E-state index contributed by atoms with van der Waals surface area (Å²) < 4.78 is 5.68. The van der Waals surface area contributed by atoms with E-state index >= 15 is 0 Å². The quantitative estimate of drug-likeness (QED) is 0.902. The first-order valence-electron chi connectivity index (χ1n) is 7.94. The molecule has 122 valence electrons. The van der Waals surface area contributed by atoms with Gasteiger partial charge in [-0.15, -0.1) is 0 Å². The largest absolute Gasteiger partial charge is 0.480 e. The minimum atomic E-state index is -1.29. The molecule has 1 atom stereocenters. The summed E-state index contributed by atoms with van der Waals surface area (Å²) in [7, 11) is 0. The van der Waals surface area contributed by atoms with Crippen LogP contribution in [0.5, 0.6) is 5.75 Å². The molecule has 1 amide bonds. The molecule has 0 radical (unpaired) electrons. The second-order valence-electron chi connectivity index (χ2n) is 6.42. The maximum Gasteiger partial charge on any atom is 0.330 e. The van der Waals surface area contributed by atoms with Gasteiger partial charge < -0.3 is 15.2 Å². The van der Waals surface area contributed by atoms with Gasteiger partial charge in [0.15, 0.2) is 6.10 Å². The zero-order valence-corrected chi connectivity index (χ0v) is 13.0. The number of para-hydroxylation sites is 1. The van der Waals surface area contributed by atoms with E-state index in [0.717, 1.165) is 16.7 Å².